The first-order valence-corrected chi connectivity index (χ1v) is 10.5. The minimum absolute atomic E-state index is 0.106. The molecule has 2 aliphatic heterocycles. The Morgan fingerprint density at radius 1 is 1.23 bits per heavy atom. The first-order chi connectivity index (χ1) is 15.0. The number of benzene rings is 1. The molecule has 0 aliphatic carbocycles. The van der Waals surface area contributed by atoms with Gasteiger partial charge < -0.3 is 9.64 Å². The molecule has 3 atom stereocenters. The standard InChI is InChI=1S/C21H20ClF2N5O2/c1-31-18-8-11(2-6-14(18)22)20(30)28-12-3-5-13(16(28)7-4-12)17-9-15(19(23)24)27-21-25-10-26-29(17)21/h2,6,8-10,12-13,16,19H,3-5,7H2,1H3/t12-,13-,16-/m0/s1. The van der Waals surface area contributed by atoms with Crippen LogP contribution in [0.3, 0.4) is 0 Å². The van der Waals surface area contributed by atoms with E-state index in [0.29, 0.717) is 22.0 Å². The highest BCUT2D eigenvalue weighted by Crippen LogP contribution is 2.45. The molecule has 3 aromatic rings. The first kappa shape index (κ1) is 20.1. The predicted octanol–water partition coefficient (Wildman–Crippen LogP) is 4.27. The highest BCUT2D eigenvalue weighted by molar-refractivity contribution is 6.32. The zero-order chi connectivity index (χ0) is 21.7. The lowest BCUT2D eigenvalue weighted by Crippen LogP contribution is -2.47. The SMILES string of the molecule is COc1cc(C(=O)N2[C@H]3CC[C@H](c4cc(C(F)F)nc5ncnn45)[C@@H]2CC3)ccc1Cl. The van der Waals surface area contributed by atoms with Crippen LogP contribution >= 0.6 is 11.6 Å². The number of nitrogens with zero attached hydrogens (tertiary/aromatic N) is 5. The van der Waals surface area contributed by atoms with Gasteiger partial charge in [-0.3, -0.25) is 4.79 Å². The van der Waals surface area contributed by atoms with Gasteiger partial charge in [-0.05, 0) is 49.9 Å². The van der Waals surface area contributed by atoms with Gasteiger partial charge in [0.1, 0.15) is 17.8 Å². The van der Waals surface area contributed by atoms with E-state index in [1.165, 1.54) is 24.0 Å². The van der Waals surface area contributed by atoms with Gasteiger partial charge in [0.05, 0.1) is 17.8 Å². The molecule has 2 aromatic heterocycles. The van der Waals surface area contributed by atoms with E-state index >= 15 is 0 Å². The van der Waals surface area contributed by atoms with Crippen LogP contribution in [0.4, 0.5) is 8.78 Å². The fourth-order valence-electron chi connectivity index (χ4n) is 4.99. The van der Waals surface area contributed by atoms with Gasteiger partial charge in [0, 0.05) is 23.6 Å². The van der Waals surface area contributed by atoms with E-state index in [0.717, 1.165) is 25.7 Å². The summed E-state index contributed by atoms with van der Waals surface area (Å²) < 4.78 is 33.7. The molecule has 162 valence electrons. The van der Waals surface area contributed by atoms with E-state index in [4.69, 9.17) is 16.3 Å². The second-order valence-electron chi connectivity index (χ2n) is 7.92. The Bertz CT molecular complexity index is 1150. The van der Waals surface area contributed by atoms with Gasteiger partial charge in [0.15, 0.2) is 0 Å². The van der Waals surface area contributed by atoms with Gasteiger partial charge in [-0.25, -0.2) is 18.3 Å². The van der Waals surface area contributed by atoms with E-state index in [9.17, 15) is 13.6 Å². The molecule has 2 saturated heterocycles. The largest absolute Gasteiger partial charge is 0.495 e. The third-order valence-electron chi connectivity index (χ3n) is 6.36. The zero-order valence-corrected chi connectivity index (χ0v) is 17.5. The molecule has 0 N–H and O–H groups in total. The van der Waals surface area contributed by atoms with Crippen LogP contribution in [-0.2, 0) is 0 Å². The molecular weight excluding hydrogens is 428 g/mol. The molecule has 0 unspecified atom stereocenters. The number of hydrogen-bond donors (Lipinski definition) is 0. The number of alkyl halides is 2. The predicted molar refractivity (Wildman–Crippen MR) is 109 cm³/mol. The van der Waals surface area contributed by atoms with Crippen LogP contribution in [0.5, 0.6) is 5.75 Å². The van der Waals surface area contributed by atoms with Gasteiger partial charge in [-0.15, -0.1) is 0 Å². The van der Waals surface area contributed by atoms with E-state index in [-0.39, 0.29) is 35.4 Å². The topological polar surface area (TPSA) is 72.6 Å². The molecule has 0 spiro atoms. The van der Waals surface area contributed by atoms with Crippen molar-refractivity contribution in [3.05, 3.63) is 52.6 Å². The summed E-state index contributed by atoms with van der Waals surface area (Å²) in [6, 6.07) is 6.39. The maximum Gasteiger partial charge on any atom is 0.280 e. The summed E-state index contributed by atoms with van der Waals surface area (Å²) in [5.74, 6) is 0.341. The van der Waals surface area contributed by atoms with Crippen molar-refractivity contribution >= 4 is 23.3 Å². The van der Waals surface area contributed by atoms with Gasteiger partial charge >= 0.3 is 0 Å². The Labute approximate surface area is 182 Å². The second kappa shape index (κ2) is 7.71. The summed E-state index contributed by atoms with van der Waals surface area (Å²) in [6.45, 7) is 0. The minimum atomic E-state index is -2.71. The van der Waals surface area contributed by atoms with Crippen LogP contribution in [0.2, 0.25) is 5.02 Å². The van der Waals surface area contributed by atoms with Crippen LogP contribution in [-0.4, -0.2) is 49.6 Å². The van der Waals surface area contributed by atoms with Gasteiger partial charge in [-0.2, -0.15) is 10.1 Å². The minimum Gasteiger partial charge on any atom is -0.495 e. The fraction of sp³-hybridized carbons (Fsp3) is 0.429. The number of aromatic nitrogens is 4. The second-order valence-corrected chi connectivity index (χ2v) is 8.33. The fourth-order valence-corrected chi connectivity index (χ4v) is 5.18. The summed E-state index contributed by atoms with van der Waals surface area (Å²) in [5.41, 5.74) is 0.790. The smallest absolute Gasteiger partial charge is 0.280 e. The molecular formula is C21H20ClF2N5O2. The Morgan fingerprint density at radius 2 is 2.03 bits per heavy atom. The number of fused-ring (bicyclic) bond motifs is 3. The van der Waals surface area contributed by atoms with E-state index in [2.05, 4.69) is 15.1 Å². The lowest BCUT2D eigenvalue weighted by Gasteiger charge is -2.40. The number of amides is 1. The molecule has 31 heavy (non-hydrogen) atoms. The number of ether oxygens (including phenoxy) is 1. The van der Waals surface area contributed by atoms with Gasteiger partial charge in [0.2, 0.25) is 0 Å². The zero-order valence-electron chi connectivity index (χ0n) is 16.7. The first-order valence-electron chi connectivity index (χ1n) is 10.1. The number of rotatable bonds is 4. The molecule has 0 saturated carbocycles. The van der Waals surface area contributed by atoms with Crippen LogP contribution < -0.4 is 4.74 Å². The third-order valence-corrected chi connectivity index (χ3v) is 6.67. The van der Waals surface area contributed by atoms with Gasteiger partial charge in [-0.1, -0.05) is 11.6 Å². The van der Waals surface area contributed by atoms with Crippen molar-refractivity contribution in [2.75, 3.05) is 7.11 Å². The van der Waals surface area contributed by atoms with Crippen LogP contribution in [0, 0.1) is 0 Å². The highest BCUT2D eigenvalue weighted by Gasteiger charge is 2.46. The Hall–Kier alpha value is -2.81. The lowest BCUT2D eigenvalue weighted by atomic mass is 9.86. The van der Waals surface area contributed by atoms with Crippen LogP contribution in [0.15, 0.2) is 30.6 Å². The summed E-state index contributed by atoms with van der Waals surface area (Å²) in [6.07, 6.45) is 1.86. The lowest BCUT2D eigenvalue weighted by molar-refractivity contribution is 0.0553. The summed E-state index contributed by atoms with van der Waals surface area (Å²) in [5, 5.41) is 4.63. The van der Waals surface area contributed by atoms with Crippen LogP contribution in [0.25, 0.3) is 5.78 Å². The van der Waals surface area contributed by atoms with Crippen molar-refractivity contribution in [3.8, 4) is 5.75 Å². The van der Waals surface area contributed by atoms with Crippen molar-refractivity contribution in [1.29, 1.82) is 0 Å². The molecule has 7 nitrogen and oxygen atoms in total. The monoisotopic (exact) mass is 447 g/mol. The van der Waals surface area contributed by atoms with Crippen molar-refractivity contribution < 1.29 is 18.3 Å². The number of hydrogen-bond acceptors (Lipinski definition) is 5. The van der Waals surface area contributed by atoms with Crippen molar-refractivity contribution in [2.45, 2.75) is 50.1 Å². The third kappa shape index (κ3) is 3.31. The molecule has 1 amide bonds. The molecule has 10 heteroatoms. The van der Waals surface area contributed by atoms with Crippen molar-refractivity contribution in [3.63, 3.8) is 0 Å². The van der Waals surface area contributed by atoms with Gasteiger partial charge in [0.25, 0.3) is 18.1 Å². The molecule has 2 bridgehead atoms. The molecule has 4 heterocycles. The van der Waals surface area contributed by atoms with Crippen molar-refractivity contribution in [1.82, 2.24) is 24.5 Å². The van der Waals surface area contributed by atoms with Crippen LogP contribution in [0.1, 0.15) is 59.8 Å². The molecule has 2 aliphatic rings. The Kier molecular flexibility index (Phi) is 5.00. The molecule has 2 fully saturated rings. The Morgan fingerprint density at radius 3 is 2.81 bits per heavy atom. The summed E-state index contributed by atoms with van der Waals surface area (Å²) in [4.78, 5) is 23.3. The number of methoxy groups -OCH3 is 1. The van der Waals surface area contributed by atoms with E-state index in [1.807, 2.05) is 4.90 Å². The summed E-state index contributed by atoms with van der Waals surface area (Å²) in [7, 11) is 1.50. The van der Waals surface area contributed by atoms with E-state index < -0.39 is 6.43 Å². The maximum absolute atomic E-state index is 13.5. The van der Waals surface area contributed by atoms with E-state index in [1.54, 1.807) is 18.2 Å². The normalized spacial score (nSPS) is 23.0. The molecule has 5 rings (SSSR count). The summed E-state index contributed by atoms with van der Waals surface area (Å²) >= 11 is 6.11. The highest BCUT2D eigenvalue weighted by atomic mass is 35.5. The molecule has 0 radical (unpaired) electrons. The number of piperidine rings is 1. The average molecular weight is 448 g/mol. The Balaban J connectivity index is 1.53. The number of carbonyl (C=O) groups is 1. The number of halogens is 3. The average Bonchev–Trinajstić information content (AvgIpc) is 3.36. The molecule has 1 aromatic carbocycles. The maximum atomic E-state index is 13.5. The van der Waals surface area contributed by atoms with Crippen molar-refractivity contribution in [2.24, 2.45) is 0 Å². The number of carbonyl (C=O) groups excluding carboxylic acids is 1. The quantitative estimate of drug-likeness (QED) is 0.597.